The molecule has 0 saturated heterocycles. The summed E-state index contributed by atoms with van der Waals surface area (Å²) in [5.74, 6) is -6.44. The van der Waals surface area contributed by atoms with Crippen molar-refractivity contribution >= 4 is 59.0 Å². The summed E-state index contributed by atoms with van der Waals surface area (Å²) in [6.45, 7) is 4.59. The minimum Gasteiger partial charge on any atom is -0.481 e. The Balaban J connectivity index is 1.07. The summed E-state index contributed by atoms with van der Waals surface area (Å²) in [6, 6.07) is 10.9. The number of nitrogens with one attached hydrogen (secondary N) is 8. The Kier molecular flexibility index (Phi) is 36.4. The highest BCUT2D eigenvalue weighted by molar-refractivity contribution is 5.89. The molecule has 2 aromatic carbocycles. The molecule has 2 unspecified atom stereocenters. The van der Waals surface area contributed by atoms with E-state index < -0.39 is 122 Å². The van der Waals surface area contributed by atoms with Crippen LogP contribution in [0.4, 0.5) is 38.0 Å². The molecular weight excluding hydrogens is 1290 g/mol. The smallest absolute Gasteiger partial charge is 0.481 e. The number of nitrogens with zero attached hydrogens (tertiary/aromatic N) is 2. The number of rotatable bonds is 49. The summed E-state index contributed by atoms with van der Waals surface area (Å²) in [5.41, 5.74) is 1.94. The van der Waals surface area contributed by atoms with Crippen LogP contribution in [-0.2, 0) is 66.8 Å². The highest BCUT2D eigenvalue weighted by atomic mass is 19.4. The van der Waals surface area contributed by atoms with E-state index in [1.165, 1.54) is 24.3 Å². The van der Waals surface area contributed by atoms with E-state index in [4.69, 9.17) is 28.4 Å². The summed E-state index contributed by atoms with van der Waals surface area (Å²) in [7, 11) is 0. The second kappa shape index (κ2) is 43.9. The van der Waals surface area contributed by atoms with E-state index in [9.17, 15) is 74.9 Å². The summed E-state index contributed by atoms with van der Waals surface area (Å²) >= 11 is 0. The van der Waals surface area contributed by atoms with Gasteiger partial charge in [-0.1, -0.05) is 24.3 Å². The van der Waals surface area contributed by atoms with Crippen molar-refractivity contribution in [3.05, 3.63) is 107 Å². The van der Waals surface area contributed by atoms with Gasteiger partial charge in [0.25, 0.3) is 0 Å². The Labute approximate surface area is 549 Å². The quantitative estimate of drug-likeness (QED) is 0.0211. The molecular formula is C62H82F6N10O18. The molecule has 6 amide bonds. The number of alkyl halides is 6. The van der Waals surface area contributed by atoms with Crippen LogP contribution in [0.15, 0.2) is 85.2 Å². The van der Waals surface area contributed by atoms with Gasteiger partial charge in [-0.3, -0.25) is 38.4 Å². The molecule has 4 aromatic rings. The lowest BCUT2D eigenvalue weighted by Crippen LogP contribution is -2.50. The zero-order chi connectivity index (χ0) is 70.1. The fourth-order valence-electron chi connectivity index (χ4n) is 8.56. The maximum absolute atomic E-state index is 13.6. The molecule has 28 nitrogen and oxygen atoms in total. The van der Waals surface area contributed by atoms with E-state index >= 15 is 0 Å². The molecule has 34 heteroatoms. The summed E-state index contributed by atoms with van der Waals surface area (Å²) in [4.78, 5) is 110. The van der Waals surface area contributed by atoms with Gasteiger partial charge in [-0.25, -0.2) is 9.97 Å². The first kappa shape index (κ1) is 79.5. The number of carboxylic acid groups (broad SMARTS) is 2. The minimum atomic E-state index is -5.03. The van der Waals surface area contributed by atoms with Gasteiger partial charge in [0.15, 0.2) is 0 Å². The molecule has 2 aromatic heterocycles. The lowest BCUT2D eigenvalue weighted by atomic mass is 10.0. The zero-order valence-corrected chi connectivity index (χ0v) is 53.0. The van der Waals surface area contributed by atoms with Gasteiger partial charge in [-0.15, -0.1) is 26.3 Å². The maximum atomic E-state index is 13.6. The molecule has 0 radical (unpaired) electrons. The van der Waals surface area contributed by atoms with Crippen molar-refractivity contribution in [1.82, 2.24) is 41.9 Å². The SMILES string of the molecule is Cc1ccnc(NCCCC(=O)N[C@@H](COCCOCCOCCNC(=O)CCC(=O)NCCOCCOCCOC[C@H](NC(=O)CCCNc2cc(C)ccn2)C(=O)NC(CC(=O)O)c2cccc(OC(F)(F)F)c2)C(=O)NC(CC(=O)O)c2cccc(OC(F)(F)F)c2)c1. The van der Waals surface area contributed by atoms with Crippen LogP contribution in [-0.4, -0.2) is 198 Å². The third-order valence-corrected chi connectivity index (χ3v) is 13.1. The number of pyridine rings is 2. The van der Waals surface area contributed by atoms with Crippen molar-refractivity contribution < 1.29 is 113 Å². The number of aromatic nitrogens is 2. The number of carbonyl (C=O) groups is 8. The predicted octanol–water partition coefficient (Wildman–Crippen LogP) is 4.72. The lowest BCUT2D eigenvalue weighted by molar-refractivity contribution is -0.275. The molecule has 0 aliphatic carbocycles. The van der Waals surface area contributed by atoms with Crippen LogP contribution in [0.2, 0.25) is 0 Å². The molecule has 0 bridgehead atoms. The first-order valence-corrected chi connectivity index (χ1v) is 30.5. The highest BCUT2D eigenvalue weighted by Crippen LogP contribution is 2.29. The third-order valence-electron chi connectivity index (χ3n) is 13.1. The monoisotopic (exact) mass is 1370 g/mol. The number of carboxylic acids is 2. The van der Waals surface area contributed by atoms with Crippen LogP contribution < -0.4 is 52.0 Å². The lowest BCUT2D eigenvalue weighted by Gasteiger charge is -2.23. The molecule has 530 valence electrons. The standard InChI is InChI=1S/C62H82F6N10O18/c1-41-15-19-71-51(33-41)69-17-5-11-55(81)75-49(59(87)77-47(37-57(83)84)43-7-3-9-45(35-43)95-61(63,64)65)39-93-31-29-91-27-25-89-23-21-73-53(79)13-14-54(80)74-22-24-90-26-28-92-30-32-94-40-50(76-56(82)12-6-18-70-52-34-42(2)16-20-72-52)60(88)78-48(38-58(85)86)44-8-4-10-46(36-44)96-62(66,67)68/h3-4,7-10,15-16,19-20,33-36,47-50H,5-6,11-14,17-18,21-32,37-40H2,1-2H3,(H,69,71)(H,70,72)(H,73,79)(H,74,80)(H,75,81)(H,76,82)(H,77,87)(H,78,88)(H,83,84)(H,85,86)/t47?,48?,49-,50-/m0/s1. The Hall–Kier alpha value is -8.96. The zero-order valence-electron chi connectivity index (χ0n) is 53.0. The van der Waals surface area contributed by atoms with Crippen LogP contribution in [0.5, 0.6) is 11.5 Å². The van der Waals surface area contributed by atoms with Gasteiger partial charge in [0.1, 0.15) is 35.2 Å². The number of halogens is 6. The second-order valence-electron chi connectivity index (χ2n) is 21.1. The van der Waals surface area contributed by atoms with Crippen molar-refractivity contribution in [1.29, 1.82) is 0 Å². The Morgan fingerprint density at radius 1 is 0.448 bits per heavy atom. The number of aliphatic carboxylic acids is 2. The molecule has 0 fully saturated rings. The average Bonchev–Trinajstić information content (AvgIpc) is 0.867. The van der Waals surface area contributed by atoms with Crippen LogP contribution in [0, 0.1) is 13.8 Å². The Morgan fingerprint density at radius 2 is 0.812 bits per heavy atom. The van der Waals surface area contributed by atoms with Crippen LogP contribution in [0.3, 0.4) is 0 Å². The second-order valence-corrected chi connectivity index (χ2v) is 21.1. The minimum absolute atomic E-state index is 0.00583. The van der Waals surface area contributed by atoms with Crippen LogP contribution >= 0.6 is 0 Å². The van der Waals surface area contributed by atoms with Crippen molar-refractivity contribution in [3.8, 4) is 11.5 Å². The summed E-state index contributed by atoms with van der Waals surface area (Å²) in [5, 5.41) is 40.8. The molecule has 96 heavy (non-hydrogen) atoms. The van der Waals surface area contributed by atoms with E-state index in [1.54, 1.807) is 12.4 Å². The molecule has 0 spiro atoms. The Morgan fingerprint density at radius 3 is 1.17 bits per heavy atom. The van der Waals surface area contributed by atoms with Crippen molar-refractivity contribution in [2.45, 2.75) is 102 Å². The molecule has 4 atom stereocenters. The van der Waals surface area contributed by atoms with E-state index in [0.29, 0.717) is 37.6 Å². The van der Waals surface area contributed by atoms with E-state index in [1.807, 2.05) is 38.1 Å². The highest BCUT2D eigenvalue weighted by Gasteiger charge is 2.34. The summed E-state index contributed by atoms with van der Waals surface area (Å²) < 4.78 is 119. The number of aryl methyl sites for hydroxylation is 2. The molecule has 10 N–H and O–H groups in total. The van der Waals surface area contributed by atoms with Gasteiger partial charge in [-0.05, 0) is 97.5 Å². The predicted molar refractivity (Wildman–Crippen MR) is 330 cm³/mol. The van der Waals surface area contributed by atoms with Crippen molar-refractivity contribution in [2.75, 3.05) is 116 Å². The fourth-order valence-corrected chi connectivity index (χ4v) is 8.56. The Bertz CT molecular complexity index is 2860. The number of anilines is 2. The van der Waals surface area contributed by atoms with E-state index in [0.717, 1.165) is 35.4 Å². The van der Waals surface area contributed by atoms with E-state index in [2.05, 4.69) is 62.0 Å². The van der Waals surface area contributed by atoms with Gasteiger partial charge < -0.3 is 90.6 Å². The van der Waals surface area contributed by atoms with Crippen LogP contribution in [0.1, 0.15) is 85.7 Å². The van der Waals surface area contributed by atoms with Gasteiger partial charge in [-0.2, -0.15) is 0 Å². The maximum Gasteiger partial charge on any atom is 0.573 e. The molecule has 0 aliphatic rings. The number of hydrogen-bond acceptors (Lipinski definition) is 20. The van der Waals surface area contributed by atoms with E-state index in [-0.39, 0.29) is 116 Å². The first-order chi connectivity index (χ1) is 45.8. The largest absolute Gasteiger partial charge is 0.573 e. The number of carbonyl (C=O) groups excluding carboxylic acids is 6. The number of amides is 6. The fraction of sp³-hybridized carbons (Fsp3) is 0.516. The van der Waals surface area contributed by atoms with Crippen molar-refractivity contribution in [2.24, 2.45) is 0 Å². The van der Waals surface area contributed by atoms with Gasteiger partial charge in [0, 0.05) is 64.3 Å². The van der Waals surface area contributed by atoms with Crippen molar-refractivity contribution in [3.63, 3.8) is 0 Å². The molecule has 2 heterocycles. The number of ether oxygens (including phenoxy) is 8. The van der Waals surface area contributed by atoms with Gasteiger partial charge in [0.2, 0.25) is 35.4 Å². The molecule has 0 saturated carbocycles. The van der Waals surface area contributed by atoms with Gasteiger partial charge in [0.05, 0.1) is 104 Å². The first-order valence-electron chi connectivity index (χ1n) is 30.5. The average molecular weight is 1370 g/mol. The molecule has 4 rings (SSSR count). The normalized spacial score (nSPS) is 12.6. The van der Waals surface area contributed by atoms with Gasteiger partial charge >= 0.3 is 24.7 Å². The molecule has 0 aliphatic heterocycles. The number of benzene rings is 2. The van der Waals surface area contributed by atoms with Crippen LogP contribution in [0.25, 0.3) is 0 Å². The summed E-state index contributed by atoms with van der Waals surface area (Å²) in [6.07, 6.45) is -7.85. The topological polar surface area (TPSA) is 373 Å². The third kappa shape index (κ3) is 36.6. The number of hydrogen-bond donors (Lipinski definition) is 10.